The summed E-state index contributed by atoms with van der Waals surface area (Å²) in [4.78, 5) is 25.7. The summed E-state index contributed by atoms with van der Waals surface area (Å²) in [6.07, 6.45) is 0.813. The van der Waals surface area contributed by atoms with E-state index in [1.807, 2.05) is 0 Å². The number of benzene rings is 2. The lowest BCUT2D eigenvalue weighted by Crippen LogP contribution is -2.12. The van der Waals surface area contributed by atoms with E-state index in [0.29, 0.717) is 23.5 Å². The van der Waals surface area contributed by atoms with Crippen molar-refractivity contribution in [3.63, 3.8) is 0 Å². The Hall–Kier alpha value is -3.22. The van der Waals surface area contributed by atoms with E-state index in [2.05, 4.69) is 20.5 Å². The molecule has 2 aromatic carbocycles. The molecule has 0 saturated carbocycles. The number of nitrogens with one attached hydrogen (secondary N) is 3. The van der Waals surface area contributed by atoms with Crippen molar-refractivity contribution in [2.45, 2.75) is 12.8 Å². The van der Waals surface area contributed by atoms with Crippen molar-refractivity contribution in [3.05, 3.63) is 70.4 Å². The standard InChI is InChI=1S/C17H15FN4O2/c18-13-7-4-11(5-8-13)6-9-15(23)19-14-3-1-2-12(10-14)16-20-17(24)22-21-16/h1-5,7-8,10H,6,9H2,(H,19,23)(H2,20,21,22,24). The molecule has 0 aliphatic rings. The largest absolute Gasteiger partial charge is 0.340 e. The van der Waals surface area contributed by atoms with E-state index < -0.39 is 5.69 Å². The highest BCUT2D eigenvalue weighted by atomic mass is 19.1. The Morgan fingerprint density at radius 2 is 1.96 bits per heavy atom. The molecule has 0 bridgehead atoms. The fourth-order valence-corrected chi connectivity index (χ4v) is 2.28. The molecule has 1 heterocycles. The number of rotatable bonds is 5. The number of aryl methyl sites for hydroxylation is 1. The summed E-state index contributed by atoms with van der Waals surface area (Å²) in [6, 6.07) is 13.1. The molecule has 3 rings (SSSR count). The van der Waals surface area contributed by atoms with Crippen molar-refractivity contribution in [2.24, 2.45) is 0 Å². The Kier molecular flexibility index (Phi) is 4.51. The average Bonchev–Trinajstić information content (AvgIpc) is 3.01. The van der Waals surface area contributed by atoms with E-state index in [1.165, 1.54) is 12.1 Å². The highest BCUT2D eigenvalue weighted by Gasteiger charge is 2.07. The molecule has 0 saturated heterocycles. The summed E-state index contributed by atoms with van der Waals surface area (Å²) >= 11 is 0. The molecular weight excluding hydrogens is 311 g/mol. The van der Waals surface area contributed by atoms with E-state index in [1.54, 1.807) is 36.4 Å². The van der Waals surface area contributed by atoms with E-state index in [4.69, 9.17) is 0 Å². The van der Waals surface area contributed by atoms with Crippen molar-refractivity contribution < 1.29 is 9.18 Å². The maximum absolute atomic E-state index is 12.8. The number of carbonyl (C=O) groups excluding carboxylic acids is 1. The number of carbonyl (C=O) groups is 1. The Morgan fingerprint density at radius 3 is 2.67 bits per heavy atom. The molecule has 0 unspecified atom stereocenters. The molecule has 1 amide bonds. The van der Waals surface area contributed by atoms with Gasteiger partial charge in [-0.15, -0.1) is 0 Å². The van der Waals surface area contributed by atoms with E-state index in [9.17, 15) is 14.0 Å². The third-order valence-electron chi connectivity index (χ3n) is 3.47. The molecule has 0 aliphatic heterocycles. The number of anilines is 1. The van der Waals surface area contributed by atoms with Gasteiger partial charge in [-0.05, 0) is 36.2 Å². The molecule has 0 spiro atoms. The lowest BCUT2D eigenvalue weighted by Gasteiger charge is -2.06. The molecule has 1 aromatic heterocycles. The number of aromatic amines is 2. The molecule has 0 aliphatic carbocycles. The van der Waals surface area contributed by atoms with Crippen LogP contribution in [0.3, 0.4) is 0 Å². The number of hydrogen-bond donors (Lipinski definition) is 3. The molecule has 0 radical (unpaired) electrons. The molecule has 0 atom stereocenters. The van der Waals surface area contributed by atoms with Crippen LogP contribution in [0, 0.1) is 5.82 Å². The third-order valence-corrected chi connectivity index (χ3v) is 3.47. The van der Waals surface area contributed by atoms with Gasteiger partial charge in [-0.1, -0.05) is 24.3 Å². The molecule has 7 heteroatoms. The first kappa shape index (κ1) is 15.7. The summed E-state index contributed by atoms with van der Waals surface area (Å²) in [7, 11) is 0. The van der Waals surface area contributed by atoms with Crippen LogP contribution in [0.15, 0.2) is 53.3 Å². The van der Waals surface area contributed by atoms with Crippen LogP contribution in [0.1, 0.15) is 12.0 Å². The number of hydrogen-bond acceptors (Lipinski definition) is 3. The second kappa shape index (κ2) is 6.91. The number of amides is 1. The smallest absolute Gasteiger partial charge is 0.326 e. The zero-order valence-electron chi connectivity index (χ0n) is 12.7. The summed E-state index contributed by atoms with van der Waals surface area (Å²) < 4.78 is 12.8. The normalized spacial score (nSPS) is 10.5. The first-order valence-corrected chi connectivity index (χ1v) is 7.39. The lowest BCUT2D eigenvalue weighted by atomic mass is 10.1. The van der Waals surface area contributed by atoms with Crippen LogP contribution >= 0.6 is 0 Å². The number of H-pyrrole nitrogens is 2. The van der Waals surface area contributed by atoms with E-state index in [-0.39, 0.29) is 18.1 Å². The average molecular weight is 326 g/mol. The summed E-state index contributed by atoms with van der Waals surface area (Å²) in [6.45, 7) is 0. The molecule has 24 heavy (non-hydrogen) atoms. The molecule has 0 fully saturated rings. The van der Waals surface area contributed by atoms with Gasteiger partial charge in [0.1, 0.15) is 5.82 Å². The lowest BCUT2D eigenvalue weighted by molar-refractivity contribution is -0.116. The van der Waals surface area contributed by atoms with E-state index >= 15 is 0 Å². The van der Waals surface area contributed by atoms with Gasteiger partial charge in [0.15, 0.2) is 5.82 Å². The predicted octanol–water partition coefficient (Wildman–Crippen LogP) is 2.48. The van der Waals surface area contributed by atoms with Crippen LogP contribution in [-0.4, -0.2) is 21.1 Å². The Labute approximate surface area is 136 Å². The van der Waals surface area contributed by atoms with Gasteiger partial charge in [0.25, 0.3) is 0 Å². The molecule has 6 nitrogen and oxygen atoms in total. The molecule has 122 valence electrons. The van der Waals surface area contributed by atoms with Crippen LogP contribution < -0.4 is 11.0 Å². The summed E-state index contributed by atoms with van der Waals surface area (Å²) in [5, 5.41) is 8.95. The van der Waals surface area contributed by atoms with Gasteiger partial charge in [0.05, 0.1) is 0 Å². The van der Waals surface area contributed by atoms with Crippen LogP contribution in [-0.2, 0) is 11.2 Å². The number of halogens is 1. The monoisotopic (exact) mass is 326 g/mol. The van der Waals surface area contributed by atoms with Crippen molar-refractivity contribution >= 4 is 11.6 Å². The third kappa shape index (κ3) is 3.95. The van der Waals surface area contributed by atoms with Gasteiger partial charge < -0.3 is 5.32 Å². The second-order valence-corrected chi connectivity index (χ2v) is 5.28. The Balaban J connectivity index is 1.62. The van der Waals surface area contributed by atoms with Gasteiger partial charge in [-0.3, -0.25) is 9.78 Å². The van der Waals surface area contributed by atoms with Crippen LogP contribution in [0.5, 0.6) is 0 Å². The topological polar surface area (TPSA) is 90.6 Å². The molecular formula is C17H15FN4O2. The Bertz CT molecular complexity index is 899. The Morgan fingerprint density at radius 1 is 1.17 bits per heavy atom. The maximum Gasteiger partial charge on any atom is 0.340 e. The predicted molar refractivity (Wildman–Crippen MR) is 88.0 cm³/mol. The van der Waals surface area contributed by atoms with Crippen LogP contribution in [0.25, 0.3) is 11.4 Å². The van der Waals surface area contributed by atoms with Gasteiger partial charge in [0.2, 0.25) is 5.91 Å². The van der Waals surface area contributed by atoms with Crippen LogP contribution in [0.4, 0.5) is 10.1 Å². The fraction of sp³-hybridized carbons (Fsp3) is 0.118. The summed E-state index contributed by atoms with van der Waals surface area (Å²) in [5.41, 5.74) is 1.80. The SMILES string of the molecule is O=C(CCc1ccc(F)cc1)Nc1cccc(-c2n[nH]c(=O)[nH]2)c1. The highest BCUT2D eigenvalue weighted by molar-refractivity contribution is 5.91. The van der Waals surface area contributed by atoms with Crippen molar-refractivity contribution in [3.8, 4) is 11.4 Å². The number of aromatic nitrogens is 3. The molecule has 3 N–H and O–H groups in total. The minimum atomic E-state index is -0.390. The van der Waals surface area contributed by atoms with Gasteiger partial charge in [-0.25, -0.2) is 14.3 Å². The quantitative estimate of drug-likeness (QED) is 0.673. The zero-order valence-corrected chi connectivity index (χ0v) is 12.7. The highest BCUT2D eigenvalue weighted by Crippen LogP contribution is 2.18. The first-order chi connectivity index (χ1) is 11.6. The minimum absolute atomic E-state index is 0.146. The van der Waals surface area contributed by atoms with Crippen molar-refractivity contribution in [2.75, 3.05) is 5.32 Å². The van der Waals surface area contributed by atoms with Crippen LogP contribution in [0.2, 0.25) is 0 Å². The van der Waals surface area contributed by atoms with Crippen molar-refractivity contribution in [1.29, 1.82) is 0 Å². The fourth-order valence-electron chi connectivity index (χ4n) is 2.28. The van der Waals surface area contributed by atoms with Gasteiger partial charge in [-0.2, -0.15) is 5.10 Å². The minimum Gasteiger partial charge on any atom is -0.326 e. The maximum atomic E-state index is 12.8. The first-order valence-electron chi connectivity index (χ1n) is 7.39. The zero-order chi connectivity index (χ0) is 16.9. The molecule has 3 aromatic rings. The van der Waals surface area contributed by atoms with Gasteiger partial charge >= 0.3 is 5.69 Å². The number of nitrogens with zero attached hydrogens (tertiary/aromatic N) is 1. The van der Waals surface area contributed by atoms with Gasteiger partial charge in [0, 0.05) is 17.7 Å². The van der Waals surface area contributed by atoms with E-state index in [0.717, 1.165) is 5.56 Å². The summed E-state index contributed by atoms with van der Waals surface area (Å²) in [5.74, 6) is -0.0363. The van der Waals surface area contributed by atoms with Crippen molar-refractivity contribution in [1.82, 2.24) is 15.2 Å². The second-order valence-electron chi connectivity index (χ2n) is 5.28.